The van der Waals surface area contributed by atoms with Gasteiger partial charge in [-0.3, -0.25) is 0 Å². The van der Waals surface area contributed by atoms with Crippen LogP contribution in [0.4, 0.5) is 13.2 Å². The quantitative estimate of drug-likeness (QED) is 0.709. The molecule has 2 rings (SSSR count). The summed E-state index contributed by atoms with van der Waals surface area (Å²) in [6.45, 7) is 3.86. The van der Waals surface area contributed by atoms with Gasteiger partial charge >= 0.3 is 5.51 Å². The van der Waals surface area contributed by atoms with Crippen molar-refractivity contribution >= 4 is 21.8 Å². The van der Waals surface area contributed by atoms with Crippen LogP contribution in [0.15, 0.2) is 34.1 Å². The van der Waals surface area contributed by atoms with Gasteiger partial charge in [-0.25, -0.2) is 13.1 Å². The lowest BCUT2D eigenvalue weighted by molar-refractivity contribution is -0.0328. The van der Waals surface area contributed by atoms with Crippen LogP contribution in [0.5, 0.6) is 0 Å². The highest BCUT2D eigenvalue weighted by atomic mass is 32.2. The van der Waals surface area contributed by atoms with Crippen LogP contribution in [-0.4, -0.2) is 31.7 Å². The smallest absolute Gasteiger partial charge is 0.392 e. The van der Waals surface area contributed by atoms with Crippen molar-refractivity contribution in [2.75, 3.05) is 6.54 Å². The number of hydrogen-bond donors (Lipinski definition) is 2. The molecule has 0 aromatic heterocycles. The first-order chi connectivity index (χ1) is 11.0. The second-order valence-corrected chi connectivity index (χ2v) is 9.30. The number of hydrogen-bond acceptors (Lipinski definition) is 4. The molecule has 136 valence electrons. The molecule has 1 saturated carbocycles. The molecule has 1 atom stereocenters. The van der Waals surface area contributed by atoms with E-state index in [0.29, 0.717) is 0 Å². The van der Waals surface area contributed by atoms with E-state index in [1.165, 1.54) is 0 Å². The van der Waals surface area contributed by atoms with Crippen LogP contribution in [0.1, 0.15) is 26.7 Å². The summed E-state index contributed by atoms with van der Waals surface area (Å²) >= 11 is -0.293. The van der Waals surface area contributed by atoms with Gasteiger partial charge in [0, 0.05) is 16.9 Å². The van der Waals surface area contributed by atoms with Crippen molar-refractivity contribution in [2.24, 2.45) is 11.3 Å². The van der Waals surface area contributed by atoms with E-state index in [0.717, 1.165) is 37.1 Å². The Labute approximate surface area is 143 Å². The van der Waals surface area contributed by atoms with Crippen LogP contribution in [-0.2, 0) is 10.0 Å². The fraction of sp³-hybridized carbons (Fsp3) is 0.600. The van der Waals surface area contributed by atoms with Crippen LogP contribution in [0, 0.1) is 11.3 Å². The minimum atomic E-state index is -4.41. The highest BCUT2D eigenvalue weighted by molar-refractivity contribution is 8.00. The first-order valence-corrected chi connectivity index (χ1v) is 9.79. The van der Waals surface area contributed by atoms with E-state index >= 15 is 0 Å². The molecule has 0 radical (unpaired) electrons. The summed E-state index contributed by atoms with van der Waals surface area (Å²) in [5.41, 5.74) is -4.85. The maximum absolute atomic E-state index is 12.3. The van der Waals surface area contributed by atoms with Gasteiger partial charge in [-0.2, -0.15) is 13.2 Å². The monoisotopic (exact) mass is 383 g/mol. The maximum Gasteiger partial charge on any atom is 0.446 e. The van der Waals surface area contributed by atoms with Crippen LogP contribution in [0.25, 0.3) is 0 Å². The predicted molar refractivity (Wildman–Crippen MR) is 86.1 cm³/mol. The van der Waals surface area contributed by atoms with E-state index in [-0.39, 0.29) is 34.0 Å². The van der Waals surface area contributed by atoms with Crippen molar-refractivity contribution in [1.82, 2.24) is 4.72 Å². The van der Waals surface area contributed by atoms with Crippen LogP contribution >= 0.6 is 11.8 Å². The minimum Gasteiger partial charge on any atom is -0.392 e. The third-order valence-electron chi connectivity index (χ3n) is 4.13. The Hall–Kier alpha value is -0.770. The van der Waals surface area contributed by atoms with E-state index in [1.807, 2.05) is 13.8 Å². The lowest BCUT2D eigenvalue weighted by Crippen LogP contribution is -2.38. The largest absolute Gasteiger partial charge is 0.446 e. The average molecular weight is 383 g/mol. The van der Waals surface area contributed by atoms with Gasteiger partial charge in [0.2, 0.25) is 10.0 Å². The van der Waals surface area contributed by atoms with E-state index in [4.69, 9.17) is 0 Å². The molecular weight excluding hydrogens is 363 g/mol. The first-order valence-electron chi connectivity index (χ1n) is 7.49. The number of sulfonamides is 1. The number of benzene rings is 1. The fourth-order valence-corrected chi connectivity index (χ4v) is 4.27. The normalized spacial score (nSPS) is 18.6. The Kier molecular flexibility index (Phi) is 5.59. The molecule has 1 aromatic carbocycles. The van der Waals surface area contributed by atoms with Gasteiger partial charge in [0.15, 0.2) is 0 Å². The van der Waals surface area contributed by atoms with Gasteiger partial charge in [0.25, 0.3) is 0 Å². The van der Waals surface area contributed by atoms with Crippen molar-refractivity contribution < 1.29 is 26.7 Å². The molecule has 1 aliphatic rings. The lowest BCUT2D eigenvalue weighted by atomic mass is 9.91. The molecule has 0 bridgehead atoms. The maximum atomic E-state index is 12.3. The zero-order valence-electron chi connectivity index (χ0n) is 13.3. The zero-order chi connectivity index (χ0) is 18.2. The van der Waals surface area contributed by atoms with Crippen LogP contribution in [0.3, 0.4) is 0 Å². The molecule has 0 unspecified atom stereocenters. The molecule has 1 aromatic rings. The lowest BCUT2D eigenvalue weighted by Gasteiger charge is -2.25. The van der Waals surface area contributed by atoms with Crippen LogP contribution < -0.4 is 4.72 Å². The SMILES string of the molecule is CC(C)[C@H](O)C1(CNS(=O)(=O)c2ccc(SC(F)(F)F)cc2)CC1. The first kappa shape index (κ1) is 19.6. The standard InChI is InChI=1S/C15H20F3NO3S2/c1-10(2)13(20)14(7-8-14)9-19-24(21,22)12-5-3-11(4-6-12)23-15(16,17)18/h3-6,10,13,19-20H,7-9H2,1-2H3/t13-/m0/s1. The topological polar surface area (TPSA) is 66.4 Å². The molecule has 1 aliphatic carbocycles. The number of halogens is 3. The van der Waals surface area contributed by atoms with Crippen LogP contribution in [0.2, 0.25) is 0 Å². The molecule has 9 heteroatoms. The van der Waals surface area contributed by atoms with E-state index in [9.17, 15) is 26.7 Å². The Bertz CT molecular complexity index is 668. The molecular formula is C15H20F3NO3S2. The number of rotatable bonds is 7. The third kappa shape index (κ3) is 4.87. The molecule has 2 N–H and O–H groups in total. The summed E-state index contributed by atoms with van der Waals surface area (Å²) in [6, 6.07) is 4.55. The summed E-state index contributed by atoms with van der Waals surface area (Å²) in [5.74, 6) is 0.0238. The van der Waals surface area contributed by atoms with Gasteiger partial charge in [-0.1, -0.05) is 13.8 Å². The summed E-state index contributed by atoms with van der Waals surface area (Å²) in [4.78, 5) is -0.167. The second kappa shape index (κ2) is 6.86. The number of aliphatic hydroxyl groups is 1. The van der Waals surface area contributed by atoms with Crippen molar-refractivity contribution in [3.05, 3.63) is 24.3 Å². The average Bonchev–Trinajstić information content (AvgIpc) is 3.24. The number of aliphatic hydroxyl groups excluding tert-OH is 1. The van der Waals surface area contributed by atoms with Crippen molar-refractivity contribution in [1.29, 1.82) is 0 Å². The van der Waals surface area contributed by atoms with Crippen molar-refractivity contribution in [2.45, 2.75) is 48.1 Å². The Morgan fingerprint density at radius 3 is 2.21 bits per heavy atom. The molecule has 0 amide bonds. The zero-order valence-corrected chi connectivity index (χ0v) is 14.9. The van der Waals surface area contributed by atoms with Crippen molar-refractivity contribution in [3.8, 4) is 0 Å². The molecule has 0 saturated heterocycles. The summed E-state index contributed by atoms with van der Waals surface area (Å²) in [6.07, 6.45) is 0.900. The highest BCUT2D eigenvalue weighted by Crippen LogP contribution is 2.50. The fourth-order valence-electron chi connectivity index (χ4n) is 2.59. The number of alkyl halides is 3. The molecule has 0 heterocycles. The van der Waals surface area contributed by atoms with E-state index < -0.39 is 27.1 Å². The second-order valence-electron chi connectivity index (χ2n) is 6.39. The van der Waals surface area contributed by atoms with E-state index in [2.05, 4.69) is 4.72 Å². The van der Waals surface area contributed by atoms with Gasteiger partial charge < -0.3 is 5.11 Å². The predicted octanol–water partition coefficient (Wildman–Crippen LogP) is 3.37. The Morgan fingerprint density at radius 1 is 1.25 bits per heavy atom. The molecule has 0 aliphatic heterocycles. The van der Waals surface area contributed by atoms with E-state index in [1.54, 1.807) is 0 Å². The Morgan fingerprint density at radius 2 is 1.79 bits per heavy atom. The minimum absolute atomic E-state index is 0.0238. The molecule has 4 nitrogen and oxygen atoms in total. The summed E-state index contributed by atoms with van der Waals surface area (Å²) < 4.78 is 63.9. The summed E-state index contributed by atoms with van der Waals surface area (Å²) in [7, 11) is -3.82. The molecule has 24 heavy (non-hydrogen) atoms. The molecule has 1 fully saturated rings. The van der Waals surface area contributed by atoms with Gasteiger partial charge in [0.1, 0.15) is 0 Å². The van der Waals surface area contributed by atoms with Gasteiger partial charge in [-0.05, 0) is 54.8 Å². The number of thioether (sulfide) groups is 1. The van der Waals surface area contributed by atoms with Crippen molar-refractivity contribution in [3.63, 3.8) is 0 Å². The van der Waals surface area contributed by atoms with Gasteiger partial charge in [0.05, 0.1) is 11.0 Å². The molecule has 0 spiro atoms. The summed E-state index contributed by atoms with van der Waals surface area (Å²) in [5, 5.41) is 10.2. The Balaban J connectivity index is 2.03. The number of nitrogens with one attached hydrogen (secondary N) is 1. The van der Waals surface area contributed by atoms with Gasteiger partial charge in [-0.15, -0.1) is 0 Å². The third-order valence-corrected chi connectivity index (χ3v) is 6.29. The highest BCUT2D eigenvalue weighted by Gasteiger charge is 2.50.